The van der Waals surface area contributed by atoms with Gasteiger partial charge in [-0.15, -0.1) is 0 Å². The second-order valence-corrected chi connectivity index (χ2v) is 6.25. The number of piperazine rings is 1. The van der Waals surface area contributed by atoms with E-state index in [9.17, 15) is 4.79 Å². The Morgan fingerprint density at radius 2 is 1.67 bits per heavy atom. The Balaban J connectivity index is 1.68. The van der Waals surface area contributed by atoms with Gasteiger partial charge in [0.2, 0.25) is 0 Å². The molecule has 2 aromatic rings. The van der Waals surface area contributed by atoms with Gasteiger partial charge in [-0.05, 0) is 49.2 Å². The summed E-state index contributed by atoms with van der Waals surface area (Å²) in [4.78, 5) is 16.9. The summed E-state index contributed by atoms with van der Waals surface area (Å²) in [6, 6.07) is 14.0. The fourth-order valence-corrected chi connectivity index (χ4v) is 3.10. The first-order valence-corrected chi connectivity index (χ1v) is 8.34. The van der Waals surface area contributed by atoms with Gasteiger partial charge in [0, 0.05) is 31.7 Å². The van der Waals surface area contributed by atoms with Gasteiger partial charge < -0.3 is 14.5 Å². The molecule has 0 spiro atoms. The van der Waals surface area contributed by atoms with Crippen LogP contribution in [0.15, 0.2) is 42.5 Å². The van der Waals surface area contributed by atoms with E-state index in [-0.39, 0.29) is 5.91 Å². The molecule has 1 aliphatic rings. The van der Waals surface area contributed by atoms with E-state index in [1.807, 2.05) is 48.2 Å². The van der Waals surface area contributed by atoms with E-state index in [1.165, 1.54) is 5.56 Å². The van der Waals surface area contributed by atoms with Gasteiger partial charge in [-0.25, -0.2) is 0 Å². The zero-order valence-electron chi connectivity index (χ0n) is 14.6. The van der Waals surface area contributed by atoms with Crippen LogP contribution >= 0.6 is 0 Å². The fourth-order valence-electron chi connectivity index (χ4n) is 3.10. The Morgan fingerprint density at radius 3 is 2.33 bits per heavy atom. The largest absolute Gasteiger partial charge is 0.495 e. The molecule has 4 heteroatoms. The first-order valence-electron chi connectivity index (χ1n) is 8.34. The molecule has 3 rings (SSSR count). The van der Waals surface area contributed by atoms with Crippen molar-refractivity contribution in [3.8, 4) is 5.75 Å². The van der Waals surface area contributed by atoms with E-state index in [0.29, 0.717) is 0 Å². The third-order valence-electron chi connectivity index (χ3n) is 4.75. The molecule has 1 aliphatic heterocycles. The molecule has 0 radical (unpaired) electrons. The number of anilines is 1. The van der Waals surface area contributed by atoms with Gasteiger partial charge in [0.15, 0.2) is 0 Å². The molecule has 0 saturated carbocycles. The molecular formula is C20H24N2O2. The second kappa shape index (κ2) is 6.95. The summed E-state index contributed by atoms with van der Waals surface area (Å²) < 4.78 is 5.44. The minimum Gasteiger partial charge on any atom is -0.495 e. The first-order chi connectivity index (χ1) is 11.6. The molecule has 1 saturated heterocycles. The Bertz CT molecular complexity index is 734. The van der Waals surface area contributed by atoms with Gasteiger partial charge in [0.05, 0.1) is 12.8 Å². The molecule has 0 atom stereocenters. The summed E-state index contributed by atoms with van der Waals surface area (Å²) in [5.41, 5.74) is 4.25. The van der Waals surface area contributed by atoms with Gasteiger partial charge in [-0.1, -0.05) is 18.2 Å². The maximum Gasteiger partial charge on any atom is 0.253 e. The van der Waals surface area contributed by atoms with Crippen LogP contribution < -0.4 is 9.64 Å². The number of nitrogens with zero attached hydrogens (tertiary/aromatic N) is 2. The van der Waals surface area contributed by atoms with E-state index in [0.717, 1.165) is 48.7 Å². The molecule has 0 N–H and O–H groups in total. The van der Waals surface area contributed by atoms with E-state index in [4.69, 9.17) is 4.74 Å². The number of carbonyl (C=O) groups excluding carboxylic acids is 1. The van der Waals surface area contributed by atoms with E-state index in [1.54, 1.807) is 7.11 Å². The second-order valence-electron chi connectivity index (χ2n) is 6.25. The quantitative estimate of drug-likeness (QED) is 0.869. The average molecular weight is 324 g/mol. The molecule has 0 aromatic heterocycles. The molecule has 0 unspecified atom stereocenters. The summed E-state index contributed by atoms with van der Waals surface area (Å²) >= 11 is 0. The molecule has 24 heavy (non-hydrogen) atoms. The highest BCUT2D eigenvalue weighted by molar-refractivity contribution is 5.94. The van der Waals surface area contributed by atoms with Gasteiger partial charge in [-0.3, -0.25) is 4.79 Å². The number of benzene rings is 2. The lowest BCUT2D eigenvalue weighted by Crippen LogP contribution is -2.48. The van der Waals surface area contributed by atoms with Crippen LogP contribution in [0.25, 0.3) is 0 Å². The first kappa shape index (κ1) is 16.4. The van der Waals surface area contributed by atoms with Gasteiger partial charge >= 0.3 is 0 Å². The van der Waals surface area contributed by atoms with Crippen LogP contribution in [0.5, 0.6) is 5.75 Å². The molecular weight excluding hydrogens is 300 g/mol. The Labute approximate surface area is 143 Å². The SMILES string of the molecule is COc1ccccc1N1CCN(C(=O)c2ccc(C)c(C)c2)CC1. The van der Waals surface area contributed by atoms with Crippen molar-refractivity contribution in [2.75, 3.05) is 38.2 Å². The van der Waals surface area contributed by atoms with Crippen LogP contribution in [0.3, 0.4) is 0 Å². The Hall–Kier alpha value is -2.49. The summed E-state index contributed by atoms with van der Waals surface area (Å²) in [5, 5.41) is 0. The highest BCUT2D eigenvalue weighted by atomic mass is 16.5. The Morgan fingerprint density at radius 1 is 0.958 bits per heavy atom. The topological polar surface area (TPSA) is 32.8 Å². The van der Waals surface area contributed by atoms with Gasteiger partial charge in [0.1, 0.15) is 5.75 Å². The number of aryl methyl sites for hydroxylation is 2. The summed E-state index contributed by atoms with van der Waals surface area (Å²) in [5.74, 6) is 1.00. The minimum atomic E-state index is 0.123. The standard InChI is InChI=1S/C20H24N2O2/c1-15-8-9-17(14-16(15)2)20(23)22-12-10-21(11-13-22)18-6-4-5-7-19(18)24-3/h4-9,14H,10-13H2,1-3H3. The van der Waals surface area contributed by atoms with Crippen molar-refractivity contribution in [2.45, 2.75) is 13.8 Å². The predicted molar refractivity (Wildman–Crippen MR) is 97.0 cm³/mol. The normalized spacial score (nSPS) is 14.6. The number of methoxy groups -OCH3 is 1. The highest BCUT2D eigenvalue weighted by Crippen LogP contribution is 2.28. The third kappa shape index (κ3) is 3.23. The van der Waals surface area contributed by atoms with Crippen molar-refractivity contribution in [3.05, 3.63) is 59.2 Å². The molecule has 0 aliphatic carbocycles. The summed E-state index contributed by atoms with van der Waals surface area (Å²) in [7, 11) is 1.69. The van der Waals surface area contributed by atoms with Crippen molar-refractivity contribution in [3.63, 3.8) is 0 Å². The van der Waals surface area contributed by atoms with Crippen LogP contribution in [-0.2, 0) is 0 Å². The number of hydrogen-bond acceptors (Lipinski definition) is 3. The molecule has 1 amide bonds. The van der Waals surface area contributed by atoms with Crippen molar-refractivity contribution in [1.82, 2.24) is 4.90 Å². The third-order valence-corrected chi connectivity index (χ3v) is 4.75. The number of carbonyl (C=O) groups is 1. The van der Waals surface area contributed by atoms with Crippen LogP contribution in [0.1, 0.15) is 21.5 Å². The van der Waals surface area contributed by atoms with Gasteiger partial charge in [-0.2, -0.15) is 0 Å². The van der Waals surface area contributed by atoms with Gasteiger partial charge in [0.25, 0.3) is 5.91 Å². The van der Waals surface area contributed by atoms with Crippen molar-refractivity contribution in [2.24, 2.45) is 0 Å². The molecule has 1 fully saturated rings. The molecule has 126 valence electrons. The number of para-hydroxylation sites is 2. The van der Waals surface area contributed by atoms with Crippen LogP contribution in [0.4, 0.5) is 5.69 Å². The zero-order valence-corrected chi connectivity index (χ0v) is 14.6. The molecule has 4 nitrogen and oxygen atoms in total. The average Bonchev–Trinajstić information content (AvgIpc) is 2.63. The summed E-state index contributed by atoms with van der Waals surface area (Å²) in [6.45, 7) is 7.20. The molecule has 0 bridgehead atoms. The number of ether oxygens (including phenoxy) is 1. The Kier molecular flexibility index (Phi) is 4.74. The summed E-state index contributed by atoms with van der Waals surface area (Å²) in [6.07, 6.45) is 0. The van der Waals surface area contributed by atoms with Crippen molar-refractivity contribution in [1.29, 1.82) is 0 Å². The predicted octanol–water partition coefficient (Wildman–Crippen LogP) is 3.27. The lowest BCUT2D eigenvalue weighted by molar-refractivity contribution is 0.0746. The van der Waals surface area contributed by atoms with Crippen LogP contribution in [0.2, 0.25) is 0 Å². The van der Waals surface area contributed by atoms with E-state index >= 15 is 0 Å². The maximum atomic E-state index is 12.7. The zero-order chi connectivity index (χ0) is 17.1. The van der Waals surface area contributed by atoms with E-state index in [2.05, 4.69) is 17.9 Å². The lowest BCUT2D eigenvalue weighted by atomic mass is 10.1. The lowest BCUT2D eigenvalue weighted by Gasteiger charge is -2.36. The number of hydrogen-bond donors (Lipinski definition) is 0. The van der Waals surface area contributed by atoms with Crippen molar-refractivity contribution >= 4 is 11.6 Å². The highest BCUT2D eigenvalue weighted by Gasteiger charge is 2.23. The minimum absolute atomic E-state index is 0.123. The number of amides is 1. The number of rotatable bonds is 3. The maximum absolute atomic E-state index is 12.7. The van der Waals surface area contributed by atoms with Crippen LogP contribution in [-0.4, -0.2) is 44.1 Å². The van der Waals surface area contributed by atoms with E-state index < -0.39 is 0 Å². The van der Waals surface area contributed by atoms with Crippen LogP contribution in [0, 0.1) is 13.8 Å². The van der Waals surface area contributed by atoms with Crippen molar-refractivity contribution < 1.29 is 9.53 Å². The molecule has 1 heterocycles. The monoisotopic (exact) mass is 324 g/mol. The molecule has 2 aromatic carbocycles. The fraction of sp³-hybridized carbons (Fsp3) is 0.350. The smallest absolute Gasteiger partial charge is 0.253 e.